The summed E-state index contributed by atoms with van der Waals surface area (Å²) < 4.78 is 0. The molecule has 0 atom stereocenters. The van der Waals surface area contributed by atoms with E-state index >= 15 is 0 Å². The highest BCUT2D eigenvalue weighted by Crippen LogP contribution is 2.35. The molecule has 0 aromatic carbocycles. The minimum Gasteiger partial charge on any atom is -0.481 e. The van der Waals surface area contributed by atoms with E-state index in [-0.39, 0.29) is 12.6 Å². The lowest BCUT2D eigenvalue weighted by Gasteiger charge is -2.40. The number of likely N-dealkylation sites (tertiary alicyclic amines) is 1. The van der Waals surface area contributed by atoms with E-state index in [1.165, 1.54) is 0 Å². The van der Waals surface area contributed by atoms with Gasteiger partial charge >= 0.3 is 12.0 Å². The van der Waals surface area contributed by atoms with Gasteiger partial charge in [-0.1, -0.05) is 6.92 Å². The molecule has 0 saturated carbocycles. The number of aliphatic hydroxyl groups is 1. The quantitative estimate of drug-likeness (QED) is 0.811. The van der Waals surface area contributed by atoms with Gasteiger partial charge in [-0.05, 0) is 40.0 Å². The maximum Gasteiger partial charge on any atom is 0.320 e. The van der Waals surface area contributed by atoms with E-state index in [9.17, 15) is 19.8 Å². The van der Waals surface area contributed by atoms with Crippen molar-refractivity contribution in [1.29, 1.82) is 0 Å². The van der Waals surface area contributed by atoms with Crippen LogP contribution in [0.3, 0.4) is 0 Å². The van der Waals surface area contributed by atoms with E-state index < -0.39 is 17.0 Å². The number of aliphatic carboxylic acids is 1. The number of carbonyl (C=O) groups is 2. The molecule has 0 bridgehead atoms. The molecule has 2 N–H and O–H groups in total. The van der Waals surface area contributed by atoms with Crippen LogP contribution in [-0.2, 0) is 4.79 Å². The highest BCUT2D eigenvalue weighted by atomic mass is 16.4. The first-order chi connectivity index (χ1) is 9.65. The summed E-state index contributed by atoms with van der Waals surface area (Å²) in [5.41, 5.74) is -1.63. The first-order valence-corrected chi connectivity index (χ1v) is 7.65. The van der Waals surface area contributed by atoms with Crippen LogP contribution in [-0.4, -0.2) is 63.8 Å². The van der Waals surface area contributed by atoms with E-state index in [1.54, 1.807) is 23.6 Å². The van der Waals surface area contributed by atoms with Gasteiger partial charge in [0.2, 0.25) is 0 Å². The van der Waals surface area contributed by atoms with Crippen LogP contribution in [0.4, 0.5) is 4.79 Å². The zero-order chi connectivity index (χ0) is 16.3. The Morgan fingerprint density at radius 2 is 1.76 bits per heavy atom. The monoisotopic (exact) mass is 300 g/mol. The Morgan fingerprint density at radius 1 is 1.24 bits per heavy atom. The number of rotatable bonds is 5. The first-order valence-electron chi connectivity index (χ1n) is 7.65. The van der Waals surface area contributed by atoms with Crippen molar-refractivity contribution >= 4 is 12.0 Å². The van der Waals surface area contributed by atoms with E-state index in [0.717, 1.165) is 0 Å². The SMILES string of the molecule is CCN(CC(C)(C)O)C(=O)N1CCC(CC)(C(=O)O)CC1. The molecule has 2 amide bonds. The van der Waals surface area contributed by atoms with Gasteiger partial charge in [-0.25, -0.2) is 4.79 Å². The second-order valence-corrected chi connectivity index (χ2v) is 6.54. The van der Waals surface area contributed by atoms with Crippen molar-refractivity contribution in [3.63, 3.8) is 0 Å². The summed E-state index contributed by atoms with van der Waals surface area (Å²) in [7, 11) is 0. The number of carbonyl (C=O) groups excluding carboxylic acids is 1. The number of piperidine rings is 1. The molecule has 1 heterocycles. The molecule has 1 aliphatic heterocycles. The molecule has 0 aromatic rings. The summed E-state index contributed by atoms with van der Waals surface area (Å²) in [6.07, 6.45) is 1.57. The molecule has 1 aliphatic rings. The fraction of sp³-hybridized carbons (Fsp3) is 0.867. The van der Waals surface area contributed by atoms with Crippen LogP contribution in [0, 0.1) is 5.41 Å². The van der Waals surface area contributed by atoms with Gasteiger partial charge in [0.25, 0.3) is 0 Å². The van der Waals surface area contributed by atoms with Crippen LogP contribution in [0.2, 0.25) is 0 Å². The number of hydrogen-bond donors (Lipinski definition) is 2. The number of nitrogens with zero attached hydrogens (tertiary/aromatic N) is 2. The van der Waals surface area contributed by atoms with E-state index in [4.69, 9.17) is 0 Å². The molecule has 0 aliphatic carbocycles. The Kier molecular flexibility index (Phi) is 5.61. The lowest BCUT2D eigenvalue weighted by molar-refractivity contribution is -0.152. The number of likely N-dealkylation sites (N-methyl/N-ethyl adjacent to an activating group) is 1. The zero-order valence-corrected chi connectivity index (χ0v) is 13.6. The molecule has 1 fully saturated rings. The maximum atomic E-state index is 12.5. The van der Waals surface area contributed by atoms with Crippen molar-refractivity contribution in [2.45, 2.75) is 52.6 Å². The third kappa shape index (κ3) is 4.33. The van der Waals surface area contributed by atoms with Crippen molar-refractivity contribution in [2.24, 2.45) is 5.41 Å². The number of carboxylic acid groups (broad SMARTS) is 1. The highest BCUT2D eigenvalue weighted by molar-refractivity contribution is 5.77. The van der Waals surface area contributed by atoms with Crippen molar-refractivity contribution in [2.75, 3.05) is 26.2 Å². The van der Waals surface area contributed by atoms with Crippen LogP contribution < -0.4 is 0 Å². The van der Waals surface area contributed by atoms with Crippen LogP contribution in [0.1, 0.15) is 47.0 Å². The molecule has 6 nitrogen and oxygen atoms in total. The predicted molar refractivity (Wildman–Crippen MR) is 80.1 cm³/mol. The summed E-state index contributed by atoms with van der Waals surface area (Å²) in [4.78, 5) is 27.2. The van der Waals surface area contributed by atoms with Crippen molar-refractivity contribution in [1.82, 2.24) is 9.80 Å². The Labute approximate surface area is 126 Å². The smallest absolute Gasteiger partial charge is 0.320 e. The molecule has 0 spiro atoms. The molecule has 0 unspecified atom stereocenters. The largest absolute Gasteiger partial charge is 0.481 e. The van der Waals surface area contributed by atoms with Crippen molar-refractivity contribution in [3.05, 3.63) is 0 Å². The van der Waals surface area contributed by atoms with Gasteiger partial charge < -0.3 is 20.0 Å². The van der Waals surface area contributed by atoms with Crippen molar-refractivity contribution < 1.29 is 19.8 Å². The maximum absolute atomic E-state index is 12.5. The fourth-order valence-electron chi connectivity index (χ4n) is 2.83. The lowest BCUT2D eigenvalue weighted by atomic mass is 9.76. The number of amides is 2. The van der Waals surface area contributed by atoms with Crippen LogP contribution in [0.15, 0.2) is 0 Å². The first kappa shape index (κ1) is 17.8. The average Bonchev–Trinajstić information content (AvgIpc) is 2.43. The second kappa shape index (κ2) is 6.64. The summed E-state index contributed by atoms with van der Waals surface area (Å²) in [6, 6.07) is -0.116. The van der Waals surface area contributed by atoms with Gasteiger partial charge in [-0.3, -0.25) is 4.79 Å². The van der Waals surface area contributed by atoms with Crippen LogP contribution in [0.25, 0.3) is 0 Å². The van der Waals surface area contributed by atoms with Gasteiger partial charge in [-0.15, -0.1) is 0 Å². The second-order valence-electron chi connectivity index (χ2n) is 6.54. The summed E-state index contributed by atoms with van der Waals surface area (Å²) >= 11 is 0. The molecule has 6 heteroatoms. The summed E-state index contributed by atoms with van der Waals surface area (Å²) in [5.74, 6) is -0.763. The van der Waals surface area contributed by atoms with E-state index in [2.05, 4.69) is 0 Å². The number of hydrogen-bond acceptors (Lipinski definition) is 3. The third-order valence-electron chi connectivity index (χ3n) is 4.35. The molecular weight excluding hydrogens is 272 g/mol. The topological polar surface area (TPSA) is 81.1 Å². The Balaban J connectivity index is 2.68. The molecule has 122 valence electrons. The summed E-state index contributed by atoms with van der Waals surface area (Å²) in [6.45, 7) is 8.83. The van der Waals surface area contributed by atoms with Crippen molar-refractivity contribution in [3.8, 4) is 0 Å². The minimum atomic E-state index is -0.935. The number of urea groups is 1. The Hall–Kier alpha value is -1.30. The molecular formula is C15H28N2O4. The molecule has 1 rings (SSSR count). The van der Waals surface area contributed by atoms with Gasteiger partial charge in [0, 0.05) is 19.6 Å². The lowest BCUT2D eigenvalue weighted by Crippen LogP contribution is -2.53. The minimum absolute atomic E-state index is 0.116. The van der Waals surface area contributed by atoms with Crippen LogP contribution in [0.5, 0.6) is 0 Å². The van der Waals surface area contributed by atoms with E-state index in [0.29, 0.717) is 38.9 Å². The molecule has 0 aromatic heterocycles. The Bertz CT molecular complexity index is 382. The highest BCUT2D eigenvalue weighted by Gasteiger charge is 2.41. The third-order valence-corrected chi connectivity index (χ3v) is 4.35. The van der Waals surface area contributed by atoms with Gasteiger partial charge in [0.05, 0.1) is 17.6 Å². The average molecular weight is 300 g/mol. The molecule has 1 saturated heterocycles. The van der Waals surface area contributed by atoms with Gasteiger partial charge in [0.15, 0.2) is 0 Å². The van der Waals surface area contributed by atoms with Gasteiger partial charge in [-0.2, -0.15) is 0 Å². The molecule has 0 radical (unpaired) electrons. The fourth-order valence-corrected chi connectivity index (χ4v) is 2.83. The Morgan fingerprint density at radius 3 is 2.10 bits per heavy atom. The predicted octanol–water partition coefficient (Wildman–Crippen LogP) is 1.78. The van der Waals surface area contributed by atoms with E-state index in [1.807, 2.05) is 13.8 Å². The van der Waals surface area contributed by atoms with Gasteiger partial charge in [0.1, 0.15) is 0 Å². The number of carboxylic acids is 1. The standard InChI is InChI=1S/C15H28N2O4/c1-5-15(12(18)19)7-9-17(10-8-15)13(20)16(6-2)11-14(3,4)21/h21H,5-11H2,1-4H3,(H,18,19). The molecule has 21 heavy (non-hydrogen) atoms. The zero-order valence-electron chi connectivity index (χ0n) is 13.6. The normalized spacial score (nSPS) is 18.4. The van der Waals surface area contributed by atoms with Crippen LogP contribution >= 0.6 is 0 Å². The summed E-state index contributed by atoms with van der Waals surface area (Å²) in [5, 5.41) is 19.2.